The number of amides is 1. The third kappa shape index (κ3) is 4.36. The van der Waals surface area contributed by atoms with Crippen molar-refractivity contribution in [1.82, 2.24) is 4.90 Å². The first-order valence-corrected chi connectivity index (χ1v) is 6.86. The van der Waals surface area contributed by atoms with Gasteiger partial charge in [-0.15, -0.1) is 0 Å². The molecular formula is C16H25NO4. The lowest BCUT2D eigenvalue weighted by atomic mass is 9.94. The Morgan fingerprint density at radius 2 is 1.81 bits per heavy atom. The molecule has 1 aromatic carbocycles. The first kappa shape index (κ1) is 17.3. The highest BCUT2D eigenvalue weighted by Crippen LogP contribution is 2.30. The summed E-state index contributed by atoms with van der Waals surface area (Å²) in [6, 6.07) is 5.23. The van der Waals surface area contributed by atoms with Gasteiger partial charge in [0, 0.05) is 12.5 Å². The van der Waals surface area contributed by atoms with Gasteiger partial charge in [-0.3, -0.25) is 4.79 Å². The maximum Gasteiger partial charge on any atom is 0.227 e. The standard InChI is InChI=1S/C16H25NO4/c1-16(2,3)15(19)17(4)10-12(18)11-7-8-13(20-5)14(9-11)21-6/h7-9,12,18H,10H2,1-6H3. The van der Waals surface area contributed by atoms with Crippen LogP contribution in [0.5, 0.6) is 11.5 Å². The number of likely N-dealkylation sites (N-methyl/N-ethyl adjacent to an activating group) is 1. The van der Waals surface area contributed by atoms with E-state index in [1.807, 2.05) is 20.8 Å². The molecule has 1 unspecified atom stereocenters. The van der Waals surface area contributed by atoms with Crippen molar-refractivity contribution >= 4 is 5.91 Å². The molecule has 1 N–H and O–H groups in total. The molecule has 1 rings (SSSR count). The zero-order valence-electron chi connectivity index (χ0n) is 13.6. The van der Waals surface area contributed by atoms with Gasteiger partial charge in [-0.2, -0.15) is 0 Å². The van der Waals surface area contributed by atoms with Gasteiger partial charge in [0.25, 0.3) is 0 Å². The lowest BCUT2D eigenvalue weighted by Gasteiger charge is -2.28. The van der Waals surface area contributed by atoms with E-state index >= 15 is 0 Å². The highest BCUT2D eigenvalue weighted by Gasteiger charge is 2.26. The number of methoxy groups -OCH3 is 2. The first-order valence-electron chi connectivity index (χ1n) is 6.86. The molecule has 0 aliphatic carbocycles. The second-order valence-electron chi connectivity index (χ2n) is 6.07. The topological polar surface area (TPSA) is 59.0 Å². The van der Waals surface area contributed by atoms with E-state index in [4.69, 9.17) is 9.47 Å². The summed E-state index contributed by atoms with van der Waals surface area (Å²) >= 11 is 0. The van der Waals surface area contributed by atoms with Gasteiger partial charge >= 0.3 is 0 Å². The Kier molecular flexibility index (Phi) is 5.61. The van der Waals surface area contributed by atoms with E-state index in [0.717, 1.165) is 0 Å². The Morgan fingerprint density at radius 3 is 2.29 bits per heavy atom. The molecule has 5 nitrogen and oxygen atoms in total. The van der Waals surface area contributed by atoms with Crippen molar-refractivity contribution in [2.24, 2.45) is 5.41 Å². The van der Waals surface area contributed by atoms with Gasteiger partial charge in [0.2, 0.25) is 5.91 Å². The Morgan fingerprint density at radius 1 is 1.24 bits per heavy atom. The molecule has 5 heteroatoms. The van der Waals surface area contributed by atoms with Crippen LogP contribution in [0.15, 0.2) is 18.2 Å². The minimum Gasteiger partial charge on any atom is -0.493 e. The van der Waals surface area contributed by atoms with Gasteiger partial charge in [-0.25, -0.2) is 0 Å². The van der Waals surface area contributed by atoms with Crippen molar-refractivity contribution < 1.29 is 19.4 Å². The minimum atomic E-state index is -0.777. The van der Waals surface area contributed by atoms with Crippen molar-refractivity contribution in [3.63, 3.8) is 0 Å². The second-order valence-corrected chi connectivity index (χ2v) is 6.07. The van der Waals surface area contributed by atoms with Crippen LogP contribution in [0.2, 0.25) is 0 Å². The zero-order valence-corrected chi connectivity index (χ0v) is 13.6. The van der Waals surface area contributed by atoms with Crippen LogP contribution in [-0.2, 0) is 4.79 Å². The number of rotatable bonds is 5. The van der Waals surface area contributed by atoms with Gasteiger partial charge < -0.3 is 19.5 Å². The van der Waals surface area contributed by atoms with Gasteiger partial charge in [0.1, 0.15) is 0 Å². The van der Waals surface area contributed by atoms with Gasteiger partial charge in [-0.05, 0) is 17.7 Å². The molecule has 0 saturated carbocycles. The lowest BCUT2D eigenvalue weighted by molar-refractivity contribution is -0.139. The fourth-order valence-corrected chi connectivity index (χ4v) is 2.08. The largest absolute Gasteiger partial charge is 0.493 e. The Balaban J connectivity index is 2.85. The van der Waals surface area contributed by atoms with E-state index in [-0.39, 0.29) is 12.5 Å². The maximum absolute atomic E-state index is 12.1. The number of hydrogen-bond acceptors (Lipinski definition) is 4. The SMILES string of the molecule is COc1ccc(C(O)CN(C)C(=O)C(C)(C)C)cc1OC. The van der Waals surface area contributed by atoms with Crippen molar-refractivity contribution in [3.8, 4) is 11.5 Å². The van der Waals surface area contributed by atoms with Crippen LogP contribution in [0.1, 0.15) is 32.4 Å². The quantitative estimate of drug-likeness (QED) is 0.905. The van der Waals surface area contributed by atoms with Crippen LogP contribution in [0, 0.1) is 5.41 Å². The average molecular weight is 295 g/mol. The highest BCUT2D eigenvalue weighted by molar-refractivity contribution is 5.81. The van der Waals surface area contributed by atoms with Gasteiger partial charge in [0.15, 0.2) is 11.5 Å². The fraction of sp³-hybridized carbons (Fsp3) is 0.562. The molecule has 0 aliphatic rings. The van der Waals surface area contributed by atoms with Crippen molar-refractivity contribution in [3.05, 3.63) is 23.8 Å². The van der Waals surface area contributed by atoms with Crippen LogP contribution < -0.4 is 9.47 Å². The average Bonchev–Trinajstić information content (AvgIpc) is 2.44. The van der Waals surface area contributed by atoms with Crippen LogP contribution in [0.25, 0.3) is 0 Å². The fourth-order valence-electron chi connectivity index (χ4n) is 2.08. The Bertz CT molecular complexity index is 494. The molecule has 1 aromatic rings. The molecule has 21 heavy (non-hydrogen) atoms. The summed E-state index contributed by atoms with van der Waals surface area (Å²) < 4.78 is 10.4. The first-order chi connectivity index (χ1) is 9.70. The van der Waals surface area contributed by atoms with Crippen LogP contribution >= 0.6 is 0 Å². The summed E-state index contributed by atoms with van der Waals surface area (Å²) in [5.74, 6) is 1.15. The number of benzene rings is 1. The second kappa shape index (κ2) is 6.80. The normalized spacial score (nSPS) is 12.7. The van der Waals surface area contributed by atoms with E-state index in [1.165, 1.54) is 0 Å². The minimum absolute atomic E-state index is 0.0120. The smallest absolute Gasteiger partial charge is 0.227 e. The molecule has 1 atom stereocenters. The number of carbonyl (C=O) groups excluding carboxylic acids is 1. The van der Waals surface area contributed by atoms with Gasteiger partial charge in [-0.1, -0.05) is 26.8 Å². The molecule has 0 bridgehead atoms. The zero-order chi connectivity index (χ0) is 16.2. The molecule has 0 radical (unpaired) electrons. The third-order valence-electron chi connectivity index (χ3n) is 3.23. The molecule has 0 saturated heterocycles. The summed E-state index contributed by atoms with van der Waals surface area (Å²) in [6.07, 6.45) is -0.777. The summed E-state index contributed by atoms with van der Waals surface area (Å²) in [5.41, 5.74) is 0.215. The number of aliphatic hydroxyl groups excluding tert-OH is 1. The van der Waals surface area contributed by atoms with Crippen LogP contribution in [0.3, 0.4) is 0 Å². The van der Waals surface area contributed by atoms with Crippen LogP contribution in [-0.4, -0.2) is 43.7 Å². The maximum atomic E-state index is 12.1. The molecule has 0 fully saturated rings. The number of nitrogens with zero attached hydrogens (tertiary/aromatic N) is 1. The predicted octanol–water partition coefficient (Wildman–Crippen LogP) is 2.24. The van der Waals surface area contributed by atoms with E-state index in [2.05, 4.69) is 0 Å². The van der Waals surface area contributed by atoms with E-state index < -0.39 is 11.5 Å². The highest BCUT2D eigenvalue weighted by atomic mass is 16.5. The molecule has 0 heterocycles. The molecule has 0 aromatic heterocycles. The molecule has 0 aliphatic heterocycles. The Hall–Kier alpha value is -1.75. The van der Waals surface area contributed by atoms with E-state index in [0.29, 0.717) is 17.1 Å². The lowest BCUT2D eigenvalue weighted by Crippen LogP contribution is -2.38. The van der Waals surface area contributed by atoms with Crippen molar-refractivity contribution in [2.75, 3.05) is 27.8 Å². The predicted molar refractivity (Wildman–Crippen MR) is 81.6 cm³/mol. The monoisotopic (exact) mass is 295 g/mol. The van der Waals surface area contributed by atoms with Gasteiger partial charge in [0.05, 0.1) is 26.9 Å². The summed E-state index contributed by atoms with van der Waals surface area (Å²) in [6.45, 7) is 5.80. The summed E-state index contributed by atoms with van der Waals surface area (Å²) in [4.78, 5) is 13.7. The van der Waals surface area contributed by atoms with Crippen molar-refractivity contribution in [2.45, 2.75) is 26.9 Å². The molecule has 118 valence electrons. The number of aliphatic hydroxyl groups is 1. The third-order valence-corrected chi connectivity index (χ3v) is 3.23. The number of carbonyl (C=O) groups is 1. The molecule has 0 spiro atoms. The summed E-state index contributed by atoms with van der Waals surface area (Å²) in [7, 11) is 4.80. The number of hydrogen-bond donors (Lipinski definition) is 1. The molecule has 1 amide bonds. The number of ether oxygens (including phenoxy) is 2. The van der Waals surface area contributed by atoms with Crippen LogP contribution in [0.4, 0.5) is 0 Å². The van der Waals surface area contributed by atoms with Crippen molar-refractivity contribution in [1.29, 1.82) is 0 Å². The van der Waals surface area contributed by atoms with E-state index in [1.54, 1.807) is 44.4 Å². The Labute approximate surface area is 126 Å². The molecular weight excluding hydrogens is 270 g/mol. The summed E-state index contributed by atoms with van der Waals surface area (Å²) in [5, 5.41) is 10.3. The van der Waals surface area contributed by atoms with E-state index in [9.17, 15) is 9.90 Å².